The number of carbonyl (C=O) groups is 1. The maximum absolute atomic E-state index is 11.8. The van der Waals surface area contributed by atoms with Crippen LogP contribution in [0.1, 0.15) is 16.1 Å². The van der Waals surface area contributed by atoms with E-state index in [2.05, 4.69) is 10.1 Å². The molecule has 2 rings (SSSR count). The molecule has 70 valence electrons. The summed E-state index contributed by atoms with van der Waals surface area (Å²) >= 11 is 0. The first-order chi connectivity index (χ1) is 6.77. The fourth-order valence-electron chi connectivity index (χ4n) is 1.19. The summed E-state index contributed by atoms with van der Waals surface area (Å²) in [6.07, 6.45) is 4.93. The monoisotopic (exact) mass is 187 g/mol. The van der Waals surface area contributed by atoms with Gasteiger partial charge in [0.2, 0.25) is 5.78 Å². The third-order valence-electron chi connectivity index (χ3n) is 1.89. The van der Waals surface area contributed by atoms with Gasteiger partial charge in [0.15, 0.2) is 0 Å². The lowest BCUT2D eigenvalue weighted by Gasteiger charge is -1.95. The zero-order valence-electron chi connectivity index (χ0n) is 7.71. The van der Waals surface area contributed by atoms with Gasteiger partial charge < -0.3 is 0 Å². The van der Waals surface area contributed by atoms with Crippen LogP contribution in [0.3, 0.4) is 0 Å². The highest BCUT2D eigenvalue weighted by molar-refractivity contribution is 6.07. The van der Waals surface area contributed by atoms with E-state index < -0.39 is 0 Å². The van der Waals surface area contributed by atoms with Gasteiger partial charge in [0.1, 0.15) is 5.69 Å². The number of aromatic nitrogens is 3. The number of pyridine rings is 1. The Balaban J connectivity index is 2.34. The summed E-state index contributed by atoms with van der Waals surface area (Å²) in [7, 11) is 1.78. The third kappa shape index (κ3) is 1.54. The molecule has 0 aromatic carbocycles. The highest BCUT2D eigenvalue weighted by Crippen LogP contribution is 2.05. The Morgan fingerprint density at radius 2 is 2.00 bits per heavy atom. The molecule has 2 aromatic heterocycles. The number of carbonyl (C=O) groups excluding carboxylic acids is 1. The molecule has 0 bridgehead atoms. The molecule has 2 aromatic rings. The molecule has 0 N–H and O–H groups in total. The van der Waals surface area contributed by atoms with Crippen molar-refractivity contribution in [3.05, 3.63) is 48.0 Å². The molecule has 0 amide bonds. The van der Waals surface area contributed by atoms with Crippen molar-refractivity contribution in [2.24, 2.45) is 7.05 Å². The van der Waals surface area contributed by atoms with Gasteiger partial charge in [0, 0.05) is 31.2 Å². The van der Waals surface area contributed by atoms with Crippen LogP contribution >= 0.6 is 0 Å². The number of ketones is 1. The van der Waals surface area contributed by atoms with Crippen LogP contribution in [0, 0.1) is 0 Å². The Hall–Kier alpha value is -1.97. The van der Waals surface area contributed by atoms with Gasteiger partial charge in [0.25, 0.3) is 0 Å². The van der Waals surface area contributed by atoms with Crippen molar-refractivity contribution < 1.29 is 4.79 Å². The molecular weight excluding hydrogens is 178 g/mol. The third-order valence-corrected chi connectivity index (χ3v) is 1.89. The van der Waals surface area contributed by atoms with Gasteiger partial charge in [-0.25, -0.2) is 0 Å². The van der Waals surface area contributed by atoms with Gasteiger partial charge in [-0.15, -0.1) is 0 Å². The fourth-order valence-corrected chi connectivity index (χ4v) is 1.19. The zero-order valence-corrected chi connectivity index (χ0v) is 7.71. The zero-order chi connectivity index (χ0) is 9.97. The molecule has 0 aliphatic carbocycles. The molecule has 0 spiro atoms. The lowest BCUT2D eigenvalue weighted by atomic mass is 10.1. The Bertz CT molecular complexity index is 447. The summed E-state index contributed by atoms with van der Waals surface area (Å²) in [5, 5.41) is 4.03. The molecule has 0 aliphatic rings. The molecule has 0 saturated heterocycles. The summed E-state index contributed by atoms with van der Waals surface area (Å²) in [5.74, 6) is -0.0759. The quantitative estimate of drug-likeness (QED) is 0.660. The molecular formula is C10H9N3O. The van der Waals surface area contributed by atoms with Crippen molar-refractivity contribution in [2.75, 3.05) is 0 Å². The maximum atomic E-state index is 11.8. The van der Waals surface area contributed by atoms with Crippen molar-refractivity contribution in [2.45, 2.75) is 0 Å². The van der Waals surface area contributed by atoms with Crippen LogP contribution in [0.25, 0.3) is 0 Å². The van der Waals surface area contributed by atoms with Crippen LogP contribution in [0.4, 0.5) is 0 Å². The number of rotatable bonds is 2. The van der Waals surface area contributed by atoms with Crippen LogP contribution in [0.15, 0.2) is 36.8 Å². The Morgan fingerprint density at radius 1 is 1.29 bits per heavy atom. The summed E-state index contributed by atoms with van der Waals surface area (Å²) in [4.78, 5) is 15.6. The number of aryl methyl sites for hydroxylation is 1. The van der Waals surface area contributed by atoms with E-state index in [9.17, 15) is 4.79 Å². The average Bonchev–Trinajstić information content (AvgIpc) is 2.65. The van der Waals surface area contributed by atoms with Crippen molar-refractivity contribution >= 4 is 5.78 Å². The van der Waals surface area contributed by atoms with E-state index in [1.165, 1.54) is 0 Å². The molecule has 0 unspecified atom stereocenters. The number of nitrogens with zero attached hydrogens (tertiary/aromatic N) is 3. The van der Waals surface area contributed by atoms with E-state index in [-0.39, 0.29) is 5.78 Å². The Morgan fingerprint density at radius 3 is 2.57 bits per heavy atom. The van der Waals surface area contributed by atoms with E-state index in [0.29, 0.717) is 11.3 Å². The first kappa shape index (κ1) is 8.62. The summed E-state index contributed by atoms with van der Waals surface area (Å²) in [5.41, 5.74) is 1.07. The Kier molecular flexibility index (Phi) is 2.10. The van der Waals surface area contributed by atoms with E-state index in [1.807, 2.05) is 0 Å². The molecule has 4 nitrogen and oxygen atoms in total. The Labute approximate surface area is 81.2 Å². The van der Waals surface area contributed by atoms with Crippen molar-refractivity contribution in [1.29, 1.82) is 0 Å². The highest BCUT2D eigenvalue weighted by atomic mass is 16.1. The summed E-state index contributed by atoms with van der Waals surface area (Å²) in [6.45, 7) is 0. The molecule has 0 radical (unpaired) electrons. The topological polar surface area (TPSA) is 47.8 Å². The average molecular weight is 187 g/mol. The first-order valence-electron chi connectivity index (χ1n) is 4.22. The van der Waals surface area contributed by atoms with Gasteiger partial charge in [-0.1, -0.05) is 0 Å². The maximum Gasteiger partial charge on any atom is 0.213 e. The smallest absolute Gasteiger partial charge is 0.213 e. The van der Waals surface area contributed by atoms with Crippen LogP contribution in [0.2, 0.25) is 0 Å². The van der Waals surface area contributed by atoms with Crippen LogP contribution in [-0.2, 0) is 7.05 Å². The normalized spacial score (nSPS) is 10.1. The number of hydrogen-bond acceptors (Lipinski definition) is 3. The van der Waals surface area contributed by atoms with Crippen LogP contribution in [0.5, 0.6) is 0 Å². The fraction of sp³-hybridized carbons (Fsp3) is 0.100. The molecule has 0 atom stereocenters. The second-order valence-corrected chi connectivity index (χ2v) is 2.94. The van der Waals surface area contributed by atoms with Gasteiger partial charge in [-0.3, -0.25) is 14.5 Å². The second kappa shape index (κ2) is 3.41. The predicted molar refractivity (Wildman–Crippen MR) is 50.9 cm³/mol. The second-order valence-electron chi connectivity index (χ2n) is 2.94. The molecule has 0 aliphatic heterocycles. The summed E-state index contributed by atoms with van der Waals surface area (Å²) < 4.78 is 1.61. The largest absolute Gasteiger partial charge is 0.287 e. The van der Waals surface area contributed by atoms with E-state index in [4.69, 9.17) is 0 Å². The van der Waals surface area contributed by atoms with Gasteiger partial charge >= 0.3 is 0 Å². The SMILES string of the molecule is Cn1ccc(C(=O)c2ccncc2)n1. The minimum absolute atomic E-state index is 0.0759. The van der Waals surface area contributed by atoms with Gasteiger partial charge in [0.05, 0.1) is 0 Å². The van der Waals surface area contributed by atoms with Gasteiger partial charge in [-0.2, -0.15) is 5.10 Å². The minimum Gasteiger partial charge on any atom is -0.287 e. The molecule has 2 heterocycles. The predicted octanol–water partition coefficient (Wildman–Crippen LogP) is 1.05. The van der Waals surface area contributed by atoms with Crippen LogP contribution < -0.4 is 0 Å². The van der Waals surface area contributed by atoms with E-state index in [0.717, 1.165) is 0 Å². The molecule has 0 fully saturated rings. The minimum atomic E-state index is -0.0759. The highest BCUT2D eigenvalue weighted by Gasteiger charge is 2.10. The molecule has 4 heteroatoms. The van der Waals surface area contributed by atoms with E-state index >= 15 is 0 Å². The molecule has 0 saturated carbocycles. The van der Waals surface area contributed by atoms with Crippen molar-refractivity contribution in [3.8, 4) is 0 Å². The lowest BCUT2D eigenvalue weighted by Crippen LogP contribution is -2.03. The van der Waals surface area contributed by atoms with Crippen molar-refractivity contribution in [3.63, 3.8) is 0 Å². The van der Waals surface area contributed by atoms with Crippen molar-refractivity contribution in [1.82, 2.24) is 14.8 Å². The lowest BCUT2D eigenvalue weighted by molar-refractivity contribution is 0.103. The number of hydrogen-bond donors (Lipinski definition) is 0. The first-order valence-corrected chi connectivity index (χ1v) is 4.22. The van der Waals surface area contributed by atoms with Crippen LogP contribution in [-0.4, -0.2) is 20.5 Å². The van der Waals surface area contributed by atoms with Gasteiger partial charge in [-0.05, 0) is 18.2 Å². The van der Waals surface area contributed by atoms with E-state index in [1.54, 1.807) is 48.5 Å². The standard InChI is InChI=1S/C10H9N3O/c1-13-7-4-9(12-13)10(14)8-2-5-11-6-3-8/h2-7H,1H3. The summed E-state index contributed by atoms with van der Waals surface area (Å²) in [6, 6.07) is 5.05. The molecule has 14 heavy (non-hydrogen) atoms.